The van der Waals surface area contributed by atoms with E-state index in [4.69, 9.17) is 0 Å². The van der Waals surface area contributed by atoms with Gasteiger partial charge in [-0.15, -0.1) is 35.7 Å². The van der Waals surface area contributed by atoms with E-state index < -0.39 is 0 Å². The molecule has 0 bridgehead atoms. The number of hydrogen-bond donors (Lipinski definition) is 2. The monoisotopic (exact) mass is 456 g/mol. The molecular weight excluding hydrogens is 431 g/mol. The van der Waals surface area contributed by atoms with Crippen LogP contribution in [0.25, 0.3) is 0 Å². The van der Waals surface area contributed by atoms with Crippen molar-refractivity contribution < 1.29 is 0 Å². The van der Waals surface area contributed by atoms with Gasteiger partial charge in [-0.3, -0.25) is 9.98 Å². The Morgan fingerprint density at radius 3 is 2.67 bits per heavy atom. The number of pyridine rings is 1. The highest BCUT2D eigenvalue weighted by Crippen LogP contribution is 2.15. The van der Waals surface area contributed by atoms with E-state index >= 15 is 0 Å². The van der Waals surface area contributed by atoms with Gasteiger partial charge in [-0.2, -0.15) is 0 Å². The van der Waals surface area contributed by atoms with Gasteiger partial charge in [0.05, 0.1) is 0 Å². The second-order valence-corrected chi connectivity index (χ2v) is 6.13. The van der Waals surface area contributed by atoms with Gasteiger partial charge in [0.15, 0.2) is 5.96 Å². The number of hydrogen-bond acceptors (Lipinski definition) is 3. The van der Waals surface area contributed by atoms with Crippen molar-refractivity contribution in [1.29, 1.82) is 0 Å². The molecule has 2 aromatic rings. The van der Waals surface area contributed by atoms with Crippen molar-refractivity contribution in [3.05, 3.63) is 60.4 Å². The summed E-state index contributed by atoms with van der Waals surface area (Å²) in [5, 5.41) is 6.66. The lowest BCUT2D eigenvalue weighted by atomic mass is 10.2. The quantitative estimate of drug-likeness (QED) is 0.210. The van der Waals surface area contributed by atoms with E-state index in [0.717, 1.165) is 37.8 Å². The van der Waals surface area contributed by atoms with Crippen molar-refractivity contribution in [3.63, 3.8) is 0 Å². The van der Waals surface area contributed by atoms with Gasteiger partial charge in [-0.1, -0.05) is 24.3 Å². The van der Waals surface area contributed by atoms with Crippen LogP contribution >= 0.6 is 35.7 Å². The van der Waals surface area contributed by atoms with Crippen molar-refractivity contribution in [2.24, 2.45) is 4.99 Å². The molecule has 0 spiro atoms. The van der Waals surface area contributed by atoms with Gasteiger partial charge < -0.3 is 10.6 Å². The van der Waals surface area contributed by atoms with Crippen LogP contribution in [0.4, 0.5) is 0 Å². The number of thioether (sulfide) groups is 1. The van der Waals surface area contributed by atoms with E-state index in [2.05, 4.69) is 57.9 Å². The van der Waals surface area contributed by atoms with Crippen LogP contribution in [0, 0.1) is 0 Å². The van der Waals surface area contributed by atoms with Crippen LogP contribution < -0.4 is 10.6 Å². The zero-order valence-corrected chi connectivity index (χ0v) is 17.1. The van der Waals surface area contributed by atoms with E-state index in [9.17, 15) is 0 Å². The van der Waals surface area contributed by atoms with E-state index in [0.29, 0.717) is 0 Å². The maximum absolute atomic E-state index is 4.61. The Balaban J connectivity index is 0.00000288. The van der Waals surface area contributed by atoms with Gasteiger partial charge in [0.1, 0.15) is 0 Å². The first-order valence-electron chi connectivity index (χ1n) is 7.97. The average Bonchev–Trinajstić information content (AvgIpc) is 2.60. The number of guanidine groups is 1. The predicted molar refractivity (Wildman–Crippen MR) is 115 cm³/mol. The van der Waals surface area contributed by atoms with Crippen molar-refractivity contribution in [2.75, 3.05) is 25.4 Å². The Kier molecular flexibility index (Phi) is 11.3. The summed E-state index contributed by atoms with van der Waals surface area (Å²) in [6.45, 7) is 4.59. The molecule has 1 heterocycles. The molecule has 0 aliphatic heterocycles. The summed E-state index contributed by atoms with van der Waals surface area (Å²) < 4.78 is 0. The van der Waals surface area contributed by atoms with Gasteiger partial charge in [0.2, 0.25) is 0 Å². The summed E-state index contributed by atoms with van der Waals surface area (Å²) in [5.41, 5.74) is 1.21. The minimum atomic E-state index is 0. The molecule has 0 unspecified atom stereocenters. The maximum atomic E-state index is 4.61. The molecule has 0 aliphatic rings. The summed E-state index contributed by atoms with van der Waals surface area (Å²) in [4.78, 5) is 10.0. The van der Waals surface area contributed by atoms with Crippen LogP contribution in [-0.2, 0) is 6.42 Å². The van der Waals surface area contributed by atoms with E-state index in [1.54, 1.807) is 6.20 Å². The Bertz CT molecular complexity index is 578. The lowest BCUT2D eigenvalue weighted by Gasteiger charge is -2.11. The Morgan fingerprint density at radius 2 is 1.96 bits per heavy atom. The highest BCUT2D eigenvalue weighted by Gasteiger charge is 1.98. The molecule has 0 aliphatic carbocycles. The van der Waals surface area contributed by atoms with E-state index in [1.165, 1.54) is 10.5 Å². The Hall–Kier alpha value is -1.28. The molecule has 2 rings (SSSR count). The van der Waals surface area contributed by atoms with Crippen LogP contribution in [0.2, 0.25) is 0 Å². The normalized spacial score (nSPS) is 10.8. The molecule has 1 aromatic carbocycles. The third kappa shape index (κ3) is 8.54. The Labute approximate surface area is 166 Å². The van der Waals surface area contributed by atoms with Crippen molar-refractivity contribution in [1.82, 2.24) is 15.6 Å². The number of halogens is 1. The van der Waals surface area contributed by atoms with Gasteiger partial charge >= 0.3 is 0 Å². The minimum Gasteiger partial charge on any atom is -0.357 e. The number of nitrogens with zero attached hydrogens (tertiary/aromatic N) is 2. The molecule has 0 saturated carbocycles. The molecule has 0 atom stereocenters. The van der Waals surface area contributed by atoms with Crippen LogP contribution in [0.15, 0.2) is 64.7 Å². The number of nitrogens with one attached hydrogen (secondary N) is 2. The lowest BCUT2D eigenvalue weighted by molar-refractivity contribution is 0.835. The zero-order chi connectivity index (χ0) is 16.2. The van der Waals surface area contributed by atoms with Crippen LogP contribution in [0.3, 0.4) is 0 Å². The number of benzene rings is 1. The molecule has 6 heteroatoms. The van der Waals surface area contributed by atoms with Crippen LogP contribution in [0.5, 0.6) is 0 Å². The molecule has 2 N–H and O–H groups in total. The molecule has 1 aromatic heterocycles. The molecule has 0 saturated heterocycles. The fourth-order valence-corrected chi connectivity index (χ4v) is 2.83. The topological polar surface area (TPSA) is 49.3 Å². The fraction of sp³-hybridized carbons (Fsp3) is 0.333. The fourth-order valence-electron chi connectivity index (χ4n) is 2.04. The average molecular weight is 456 g/mol. The molecule has 0 amide bonds. The van der Waals surface area contributed by atoms with E-state index in [1.807, 2.05) is 30.1 Å². The minimum absolute atomic E-state index is 0. The van der Waals surface area contributed by atoms with Gasteiger partial charge in [0.25, 0.3) is 0 Å². The summed E-state index contributed by atoms with van der Waals surface area (Å²) in [6.07, 6.45) is 4.60. The molecule has 4 nitrogen and oxygen atoms in total. The van der Waals surface area contributed by atoms with Crippen LogP contribution in [-0.4, -0.2) is 36.3 Å². The highest BCUT2D eigenvalue weighted by molar-refractivity contribution is 14.0. The van der Waals surface area contributed by atoms with Gasteiger partial charge in [0, 0.05) is 42.7 Å². The largest absolute Gasteiger partial charge is 0.357 e. The standard InChI is InChI=1S/C18H24N4S.HI/c1-2-20-18(21-12-10-16-7-6-11-19-15-16)22-13-14-23-17-8-4-3-5-9-17;/h3-9,11,15H,2,10,12-14H2,1H3,(H2,20,21,22);1H. The second-order valence-electron chi connectivity index (χ2n) is 4.96. The molecular formula is C18H25IN4S. The van der Waals surface area contributed by atoms with E-state index in [-0.39, 0.29) is 24.0 Å². The summed E-state index contributed by atoms with van der Waals surface area (Å²) in [7, 11) is 0. The molecule has 0 fully saturated rings. The van der Waals surface area contributed by atoms with Crippen molar-refractivity contribution in [2.45, 2.75) is 18.2 Å². The number of aromatic nitrogens is 1. The summed E-state index contributed by atoms with van der Waals surface area (Å²) in [5.74, 6) is 1.89. The van der Waals surface area contributed by atoms with Crippen LogP contribution in [0.1, 0.15) is 12.5 Å². The first-order chi connectivity index (χ1) is 11.4. The second kappa shape index (κ2) is 13.1. The smallest absolute Gasteiger partial charge is 0.191 e. The number of rotatable bonds is 8. The van der Waals surface area contributed by atoms with Crippen molar-refractivity contribution in [3.8, 4) is 0 Å². The number of aliphatic imine (C=N–C) groups is 1. The first-order valence-corrected chi connectivity index (χ1v) is 8.96. The first kappa shape index (κ1) is 20.8. The van der Waals surface area contributed by atoms with Gasteiger partial charge in [-0.05, 0) is 37.1 Å². The predicted octanol–water partition coefficient (Wildman–Crippen LogP) is 3.59. The Morgan fingerprint density at radius 1 is 1.12 bits per heavy atom. The molecule has 130 valence electrons. The molecule has 24 heavy (non-hydrogen) atoms. The van der Waals surface area contributed by atoms with Gasteiger partial charge in [-0.25, -0.2) is 0 Å². The maximum Gasteiger partial charge on any atom is 0.191 e. The third-order valence-electron chi connectivity index (χ3n) is 3.14. The highest BCUT2D eigenvalue weighted by atomic mass is 127. The SMILES string of the molecule is CCNC(=NCCc1cccnc1)NCCSc1ccccc1.I. The van der Waals surface area contributed by atoms with Crippen molar-refractivity contribution >= 4 is 41.7 Å². The summed E-state index contributed by atoms with van der Waals surface area (Å²) in [6, 6.07) is 14.5. The zero-order valence-electron chi connectivity index (χ0n) is 13.9. The third-order valence-corrected chi connectivity index (χ3v) is 4.16. The summed E-state index contributed by atoms with van der Waals surface area (Å²) >= 11 is 1.85. The lowest BCUT2D eigenvalue weighted by Crippen LogP contribution is -2.38. The molecule has 0 radical (unpaired) electrons.